The molecule has 0 fully saturated rings. The molecule has 0 saturated carbocycles. The van der Waals surface area contributed by atoms with E-state index in [4.69, 9.17) is 19.4 Å². The Hall–Kier alpha value is -8.41. The summed E-state index contributed by atoms with van der Waals surface area (Å²) < 4.78 is 6.07. The highest BCUT2D eigenvalue weighted by Gasteiger charge is 2.17. The van der Waals surface area contributed by atoms with Crippen LogP contribution < -0.4 is 4.90 Å². The minimum atomic E-state index is 0.786. The Morgan fingerprint density at radius 1 is 0.355 bits per heavy atom. The van der Waals surface area contributed by atoms with E-state index in [0.717, 1.165) is 89.2 Å². The average Bonchev–Trinajstić information content (AvgIpc) is 3.72. The summed E-state index contributed by atoms with van der Waals surface area (Å²) in [6, 6.07) is 74.8. The van der Waals surface area contributed by atoms with Crippen molar-refractivity contribution < 1.29 is 4.42 Å². The monoisotopic (exact) mass is 792 g/mol. The van der Waals surface area contributed by atoms with E-state index in [1.807, 2.05) is 54.7 Å². The van der Waals surface area contributed by atoms with Gasteiger partial charge < -0.3 is 9.32 Å². The molecule has 0 bridgehead atoms. The van der Waals surface area contributed by atoms with Crippen LogP contribution in [0.5, 0.6) is 0 Å². The zero-order valence-corrected chi connectivity index (χ0v) is 33.5. The number of hydrogen-bond acceptors (Lipinski definition) is 5. The lowest BCUT2D eigenvalue weighted by molar-refractivity contribution is 0.668. The molecule has 0 aliphatic heterocycles. The topological polar surface area (TPSA) is 55.1 Å². The summed E-state index contributed by atoms with van der Waals surface area (Å²) in [5.41, 5.74) is 15.8. The van der Waals surface area contributed by atoms with Crippen molar-refractivity contribution in [2.24, 2.45) is 0 Å². The van der Waals surface area contributed by atoms with Crippen LogP contribution in [0.3, 0.4) is 0 Å². The fourth-order valence-corrected chi connectivity index (χ4v) is 8.73. The van der Waals surface area contributed by atoms with Gasteiger partial charge in [0.25, 0.3) is 0 Å². The smallest absolute Gasteiger partial charge is 0.153 e. The number of furan rings is 1. The van der Waals surface area contributed by atoms with E-state index in [1.165, 1.54) is 27.3 Å². The number of anilines is 3. The van der Waals surface area contributed by atoms with Gasteiger partial charge in [-0.05, 0) is 129 Å². The number of nitrogens with zero attached hydrogens (tertiary/aromatic N) is 4. The van der Waals surface area contributed by atoms with Gasteiger partial charge in [-0.2, -0.15) is 0 Å². The zero-order valence-electron chi connectivity index (χ0n) is 33.5. The Balaban J connectivity index is 0.939. The summed E-state index contributed by atoms with van der Waals surface area (Å²) in [6.45, 7) is 0. The maximum atomic E-state index is 6.07. The second-order valence-electron chi connectivity index (χ2n) is 15.7. The van der Waals surface area contributed by atoms with Crippen LogP contribution in [-0.4, -0.2) is 15.0 Å². The molecule has 4 heterocycles. The summed E-state index contributed by atoms with van der Waals surface area (Å²) in [7, 11) is 0. The Labute approximate surface area is 357 Å². The molecular formula is C57H36N4O. The first-order chi connectivity index (χ1) is 30.7. The van der Waals surface area contributed by atoms with Gasteiger partial charge in [-0.25, -0.2) is 9.97 Å². The van der Waals surface area contributed by atoms with E-state index in [2.05, 4.69) is 169 Å². The van der Waals surface area contributed by atoms with Gasteiger partial charge in [0.05, 0.1) is 22.4 Å². The summed E-state index contributed by atoms with van der Waals surface area (Å²) in [4.78, 5) is 17.2. The van der Waals surface area contributed by atoms with Crippen molar-refractivity contribution in [1.82, 2.24) is 15.0 Å². The number of aromatic nitrogens is 3. The zero-order chi connectivity index (χ0) is 41.0. The van der Waals surface area contributed by atoms with E-state index in [1.54, 1.807) is 0 Å². The first-order valence-electron chi connectivity index (χ1n) is 20.8. The molecule has 8 aromatic carbocycles. The van der Waals surface area contributed by atoms with Crippen LogP contribution in [0.2, 0.25) is 0 Å². The molecule has 0 amide bonds. The van der Waals surface area contributed by atoms with Gasteiger partial charge in [0.15, 0.2) is 5.58 Å². The number of rotatable bonds is 7. The molecule has 5 heteroatoms. The third-order valence-corrected chi connectivity index (χ3v) is 11.9. The van der Waals surface area contributed by atoms with Crippen molar-refractivity contribution in [3.8, 4) is 44.8 Å². The van der Waals surface area contributed by atoms with Gasteiger partial charge >= 0.3 is 0 Å². The lowest BCUT2D eigenvalue weighted by atomic mass is 9.98. The van der Waals surface area contributed by atoms with E-state index >= 15 is 0 Å². The molecule has 0 radical (unpaired) electrons. The summed E-state index contributed by atoms with van der Waals surface area (Å²) in [6.07, 6.45) is 1.83. The number of benzene rings is 8. The highest BCUT2D eigenvalue weighted by atomic mass is 16.3. The van der Waals surface area contributed by atoms with Crippen molar-refractivity contribution in [2.45, 2.75) is 0 Å². The second-order valence-corrected chi connectivity index (χ2v) is 15.7. The molecule has 0 saturated heterocycles. The van der Waals surface area contributed by atoms with Crippen LogP contribution in [0.25, 0.3) is 99.4 Å². The molecule has 62 heavy (non-hydrogen) atoms. The van der Waals surface area contributed by atoms with Gasteiger partial charge in [0.1, 0.15) is 11.1 Å². The Morgan fingerprint density at radius 2 is 0.968 bits per heavy atom. The van der Waals surface area contributed by atoms with Crippen molar-refractivity contribution in [1.29, 1.82) is 0 Å². The molecular weight excluding hydrogens is 757 g/mol. The highest BCUT2D eigenvalue weighted by molar-refractivity contribution is 6.03. The number of para-hydroxylation sites is 1. The van der Waals surface area contributed by atoms with Crippen LogP contribution in [0.4, 0.5) is 17.1 Å². The van der Waals surface area contributed by atoms with E-state index < -0.39 is 0 Å². The molecule has 0 unspecified atom stereocenters. The van der Waals surface area contributed by atoms with Gasteiger partial charge in [-0.3, -0.25) is 4.98 Å². The van der Waals surface area contributed by atoms with Crippen LogP contribution in [-0.2, 0) is 0 Å². The van der Waals surface area contributed by atoms with Crippen LogP contribution >= 0.6 is 0 Å². The van der Waals surface area contributed by atoms with Gasteiger partial charge in [0, 0.05) is 45.3 Å². The predicted octanol–water partition coefficient (Wildman–Crippen LogP) is 15.4. The number of hydrogen-bond donors (Lipinski definition) is 0. The summed E-state index contributed by atoms with van der Waals surface area (Å²) in [5.74, 6) is 0. The standard InChI is InChI=1S/C57H36N4O/c1-2-10-38(11-3-1)50-36-53(59-52-14-8-32-58-56(50)52)40-22-27-47(28-23-40)61(46-25-20-39(21-26-46)51-30-31-55-57(60-51)49-13-6-7-15-54(49)62-55)48-29-24-44-34-43(18-19-45(44)35-48)42-17-16-37-9-4-5-12-41(37)33-42/h1-36H. The van der Waals surface area contributed by atoms with Crippen LogP contribution in [0.15, 0.2) is 223 Å². The molecule has 0 N–H and O–H groups in total. The fourth-order valence-electron chi connectivity index (χ4n) is 8.73. The van der Waals surface area contributed by atoms with Crippen molar-refractivity contribution in [3.63, 3.8) is 0 Å². The molecule has 5 nitrogen and oxygen atoms in total. The fraction of sp³-hybridized carbons (Fsp3) is 0. The lowest BCUT2D eigenvalue weighted by Gasteiger charge is -2.26. The Kier molecular flexibility index (Phi) is 8.42. The molecule has 290 valence electrons. The average molecular weight is 793 g/mol. The lowest BCUT2D eigenvalue weighted by Crippen LogP contribution is -2.10. The first kappa shape index (κ1) is 35.5. The van der Waals surface area contributed by atoms with Crippen molar-refractivity contribution >= 4 is 71.7 Å². The Morgan fingerprint density at radius 3 is 1.76 bits per heavy atom. The predicted molar refractivity (Wildman–Crippen MR) is 256 cm³/mol. The van der Waals surface area contributed by atoms with E-state index in [0.29, 0.717) is 0 Å². The normalized spacial score (nSPS) is 11.5. The van der Waals surface area contributed by atoms with Gasteiger partial charge in [-0.1, -0.05) is 121 Å². The summed E-state index contributed by atoms with van der Waals surface area (Å²) >= 11 is 0. The molecule has 12 rings (SSSR count). The van der Waals surface area contributed by atoms with E-state index in [9.17, 15) is 0 Å². The minimum absolute atomic E-state index is 0.786. The van der Waals surface area contributed by atoms with Crippen molar-refractivity contribution in [3.05, 3.63) is 219 Å². The SMILES string of the molecule is c1ccc(-c2cc(-c3ccc(N(c4ccc(-c5ccc6oc7ccccc7c6n5)cc4)c4ccc5cc(-c6ccc7ccccc7c6)ccc5c4)cc3)nc3cccnc23)cc1. The van der Waals surface area contributed by atoms with Crippen molar-refractivity contribution in [2.75, 3.05) is 4.90 Å². The van der Waals surface area contributed by atoms with Crippen LogP contribution in [0, 0.1) is 0 Å². The first-order valence-corrected chi connectivity index (χ1v) is 20.8. The summed E-state index contributed by atoms with van der Waals surface area (Å²) in [5, 5.41) is 5.85. The molecule has 0 aliphatic rings. The van der Waals surface area contributed by atoms with Crippen LogP contribution in [0.1, 0.15) is 0 Å². The second kappa shape index (κ2) is 14.7. The third kappa shape index (κ3) is 6.32. The minimum Gasteiger partial charge on any atom is -0.454 e. The molecule has 0 atom stereocenters. The van der Waals surface area contributed by atoms with Gasteiger partial charge in [-0.15, -0.1) is 0 Å². The highest BCUT2D eigenvalue weighted by Crippen LogP contribution is 2.40. The molecule has 0 aliphatic carbocycles. The number of pyridine rings is 3. The number of fused-ring (bicyclic) bond motifs is 6. The molecule has 4 aromatic heterocycles. The van der Waals surface area contributed by atoms with E-state index in [-0.39, 0.29) is 0 Å². The molecule has 12 aromatic rings. The largest absolute Gasteiger partial charge is 0.454 e. The van der Waals surface area contributed by atoms with Gasteiger partial charge in [0.2, 0.25) is 0 Å². The molecule has 0 spiro atoms. The Bertz CT molecular complexity index is 3630. The maximum absolute atomic E-state index is 6.07. The quantitative estimate of drug-likeness (QED) is 0.161. The third-order valence-electron chi connectivity index (χ3n) is 11.9. The maximum Gasteiger partial charge on any atom is 0.153 e.